The van der Waals surface area contributed by atoms with E-state index in [-0.39, 0.29) is 0 Å². The van der Waals surface area contributed by atoms with Crippen molar-refractivity contribution in [2.75, 3.05) is 0 Å². The summed E-state index contributed by atoms with van der Waals surface area (Å²) >= 11 is 0. The molecule has 2 aliphatic heterocycles. The molecule has 0 N–H and O–H groups in total. The third kappa shape index (κ3) is 13.5. The maximum absolute atomic E-state index is 3.15. The molecule has 8 rings (SSSR count). The number of benzene rings is 6. The minimum Gasteiger partial charge on any atom is -0.0587 e. The fraction of sp³-hybridized carbons (Fsp3) is 0.600. The lowest BCUT2D eigenvalue weighted by Gasteiger charge is -2.66. The highest BCUT2D eigenvalue weighted by molar-refractivity contribution is 8.20. The van der Waals surface area contributed by atoms with Gasteiger partial charge in [0.05, 0.1) is 0 Å². The number of fused-ring (bicyclic) bond motifs is 1. The van der Waals surface area contributed by atoms with Crippen molar-refractivity contribution < 1.29 is 0 Å². The molecule has 0 aliphatic carbocycles. The Hall–Kier alpha value is -3.38. The zero-order valence-electron chi connectivity index (χ0n) is 68.3. The Balaban J connectivity index is 2.10. The van der Waals surface area contributed by atoms with E-state index in [9.17, 15) is 0 Å². The molecule has 0 unspecified atom stereocenters. The van der Waals surface area contributed by atoms with E-state index in [1.54, 1.807) is 100 Å². The summed E-state index contributed by atoms with van der Waals surface area (Å²) in [6, 6.07) is 34.6. The highest BCUT2D eigenvalue weighted by Crippen LogP contribution is 2.46. The fourth-order valence-electron chi connectivity index (χ4n) is 17.4. The molecule has 0 fully saturated rings. The molecule has 96 heavy (non-hydrogen) atoms. The summed E-state index contributed by atoms with van der Waals surface area (Å²) in [5, 5.41) is 11.9. The van der Waals surface area contributed by atoms with Crippen LogP contribution in [0.3, 0.4) is 0 Å². The number of hydrogen-bond donors (Lipinski definition) is 0. The van der Waals surface area contributed by atoms with Crippen LogP contribution in [-0.2, 0) is 0 Å². The van der Waals surface area contributed by atoms with Crippen LogP contribution in [0.2, 0.25) is 0 Å². The lowest BCUT2D eigenvalue weighted by Crippen LogP contribution is -3.06. The molecule has 0 atom stereocenters. The van der Waals surface area contributed by atoms with Gasteiger partial charge >= 0.3 is 0 Å². The van der Waals surface area contributed by atoms with Crippen LogP contribution in [0.5, 0.6) is 0 Å². The average Bonchev–Trinajstić information content (AvgIpc) is 0.614. The summed E-state index contributed by atoms with van der Waals surface area (Å²) in [7, 11) is -9.53. The Bertz CT molecular complexity index is 3350. The fourth-order valence-corrected chi connectivity index (χ4v) is 234. The molecule has 6 aromatic carbocycles. The monoisotopic (exact) mass is 1390 g/mol. The number of rotatable bonds is 24. The van der Waals surface area contributed by atoms with Crippen LogP contribution in [0, 0.1) is 0 Å². The third-order valence-electron chi connectivity index (χ3n) is 23.0. The topological polar surface area (TPSA) is 0 Å². The molecule has 0 radical (unpaired) electrons. The predicted molar refractivity (Wildman–Crippen MR) is 445 cm³/mol. The van der Waals surface area contributed by atoms with Gasteiger partial charge in [0.25, 0.3) is 0 Å². The maximum atomic E-state index is 2.89. The summed E-state index contributed by atoms with van der Waals surface area (Å²) in [5.74, 6) is 7.05. The van der Waals surface area contributed by atoms with Crippen molar-refractivity contribution in [2.45, 2.75) is 356 Å². The zero-order chi connectivity index (χ0) is 72.0. The van der Waals surface area contributed by atoms with E-state index in [2.05, 4.69) is 322 Å². The SMILES string of the molecule is CC(C)c1cc(C(C)C)c([Si]2=[Si]3[Si](=[Si](c4c(C(C)C)cc(C(C)C)cc4C(C)C)[Si]3(c3c(C(C)C)cc(C(C)C)cc3C(C)C)c3c(C(C)C)cc(C(C)C)cc3C(C)C)[Si]2(c2c(C(C)C)cc(C(C)C)cc2C(C)C)c2c(C(C)C)cc(C(C)C)cc2C(C)C)c(C(C)C)c1. The minimum absolute atomic E-state index is 0.368. The van der Waals surface area contributed by atoms with Crippen molar-refractivity contribution in [2.24, 2.45) is 0 Å². The smallest absolute Gasteiger partial charge is 0.0587 e. The van der Waals surface area contributed by atoms with E-state index in [4.69, 9.17) is 0 Å². The number of hydrogen-bond acceptors (Lipinski definition) is 0. The second-order valence-corrected chi connectivity index (χ2v) is 84.2. The third-order valence-corrected chi connectivity index (χ3v) is 141. The van der Waals surface area contributed by atoms with Crippen molar-refractivity contribution in [3.8, 4) is 0 Å². The molecule has 0 saturated carbocycles. The molecule has 0 amide bonds. The van der Waals surface area contributed by atoms with E-state index < -0.39 is 42.9 Å². The Morgan fingerprint density at radius 2 is 0.281 bits per heavy atom. The Labute approximate surface area is 598 Å². The first kappa shape index (κ1) is 78.3. The predicted octanol–water partition coefficient (Wildman–Crippen LogP) is 23.1. The van der Waals surface area contributed by atoms with Gasteiger partial charge in [-0.3, -0.25) is 0 Å². The van der Waals surface area contributed by atoms with E-state index in [0.29, 0.717) is 107 Å². The van der Waals surface area contributed by atoms with E-state index in [1.165, 1.54) is 0 Å². The van der Waals surface area contributed by atoms with Gasteiger partial charge in [0, 0.05) is 14.8 Å². The molecule has 0 aromatic heterocycles. The van der Waals surface area contributed by atoms with Crippen LogP contribution < -0.4 is 31.1 Å². The zero-order valence-corrected chi connectivity index (χ0v) is 74.3. The van der Waals surface area contributed by atoms with Crippen LogP contribution in [0.1, 0.15) is 456 Å². The summed E-state index contributed by atoms with van der Waals surface area (Å²) in [6.07, 6.45) is 0. The van der Waals surface area contributed by atoms with E-state index in [1.807, 2.05) is 31.1 Å². The van der Waals surface area contributed by atoms with E-state index in [0.717, 1.165) is 0 Å². The van der Waals surface area contributed by atoms with Gasteiger partial charge in [-0.15, -0.1) is 0 Å². The molecule has 0 bridgehead atoms. The molecule has 2 aliphatic rings. The molecular formula is C90H138Si6. The van der Waals surface area contributed by atoms with Gasteiger partial charge in [-0.2, -0.15) is 0 Å². The van der Waals surface area contributed by atoms with Crippen molar-refractivity contribution in [3.05, 3.63) is 173 Å². The van der Waals surface area contributed by atoms with Crippen molar-refractivity contribution in [3.63, 3.8) is 0 Å². The Kier molecular flexibility index (Phi) is 24.4. The molecule has 0 spiro atoms. The van der Waals surface area contributed by atoms with Gasteiger partial charge < -0.3 is 0 Å². The van der Waals surface area contributed by atoms with Gasteiger partial charge in [-0.05, 0) is 252 Å². The highest BCUT2D eigenvalue weighted by Gasteiger charge is 2.74. The molecule has 6 heteroatoms. The second-order valence-electron chi connectivity index (χ2n) is 36.2. The second kappa shape index (κ2) is 29.9. The first-order valence-corrected chi connectivity index (χ1v) is 56.2. The normalized spacial score (nSPS) is 15.2. The van der Waals surface area contributed by atoms with Crippen LogP contribution in [0.25, 0.3) is 0 Å². The molecule has 522 valence electrons. The summed E-state index contributed by atoms with van der Waals surface area (Å²) < 4.78 is 0. The standard InChI is InChI=1S/C90H138Si6/c1-49(2)67-37-73(55(13)14)85(74(38-67)56(15)16)91-93-94(95(91,87-77(59(21)22)41-69(51(5)6)42-78(87)60(23)24)88-79(61(25)26)43-70(52(7)8)44-80(88)62(27)28)92(86-75(57(17)18)39-68(50(3)4)40-76(86)58(19)20)96(93,89-81(63(29)30)45-71(53(9)10)46-82(89)64(31)32)90-83(65(33)34)47-72(54(11)12)48-84(90)66(35)36/h37-66H,1-36H3. The average molecular weight is 1390 g/mol. The minimum atomic E-state index is -3.15. The molecule has 0 nitrogen and oxygen atoms in total. The summed E-state index contributed by atoms with van der Waals surface area (Å²) in [6.45, 7) is 90.8. The van der Waals surface area contributed by atoms with Crippen molar-refractivity contribution >= 4 is 74.0 Å². The molecule has 6 aromatic rings. The van der Waals surface area contributed by atoms with Crippen LogP contribution in [0.15, 0.2) is 72.8 Å². The lowest BCUT2D eigenvalue weighted by atomic mass is 9.89. The lowest BCUT2D eigenvalue weighted by molar-refractivity contribution is 0.808. The van der Waals surface area contributed by atoms with Crippen molar-refractivity contribution in [1.82, 2.24) is 0 Å². The first-order chi connectivity index (χ1) is 44.6. The highest BCUT2D eigenvalue weighted by atomic mass is 30.3. The Morgan fingerprint density at radius 3 is 0.385 bits per heavy atom. The molecule has 0 saturated heterocycles. The van der Waals surface area contributed by atoms with E-state index >= 15 is 0 Å². The Morgan fingerprint density at radius 1 is 0.167 bits per heavy atom. The largest absolute Gasteiger partial charge is 0.132 e. The quantitative estimate of drug-likeness (QED) is 0.0530. The van der Waals surface area contributed by atoms with Gasteiger partial charge in [-0.25, -0.2) is 0 Å². The first-order valence-electron chi connectivity index (χ1n) is 39.2. The van der Waals surface area contributed by atoms with Crippen LogP contribution >= 0.6 is 0 Å². The maximum Gasteiger partial charge on any atom is 0.132 e. The summed E-state index contributed by atoms with van der Waals surface area (Å²) in [4.78, 5) is 0. The molecular weight excluding hydrogens is 1250 g/mol. The summed E-state index contributed by atoms with van der Waals surface area (Å²) in [5.41, 5.74) is 30.2. The van der Waals surface area contributed by atoms with Gasteiger partial charge in [0.15, 0.2) is 0 Å². The molecule has 2 heterocycles. The van der Waals surface area contributed by atoms with Crippen LogP contribution in [-0.4, -0.2) is 42.9 Å². The van der Waals surface area contributed by atoms with Gasteiger partial charge in [0.2, 0.25) is 0 Å². The van der Waals surface area contributed by atoms with Crippen LogP contribution in [0.4, 0.5) is 0 Å². The van der Waals surface area contributed by atoms with Gasteiger partial charge in [-0.1, -0.05) is 322 Å². The van der Waals surface area contributed by atoms with Gasteiger partial charge in [0.1, 0.15) is 14.2 Å². The van der Waals surface area contributed by atoms with Crippen molar-refractivity contribution in [1.29, 1.82) is 0 Å².